The fourth-order valence-electron chi connectivity index (χ4n) is 7.33. The van der Waals surface area contributed by atoms with E-state index in [4.69, 9.17) is 15.2 Å². The van der Waals surface area contributed by atoms with Crippen molar-refractivity contribution in [2.45, 2.75) is 44.7 Å². The van der Waals surface area contributed by atoms with Crippen molar-refractivity contribution in [2.24, 2.45) is 5.92 Å². The predicted molar refractivity (Wildman–Crippen MR) is 183 cm³/mol. The van der Waals surface area contributed by atoms with Gasteiger partial charge in [0, 0.05) is 77.7 Å². The minimum absolute atomic E-state index is 0.139. The Morgan fingerprint density at radius 3 is 2.50 bits per heavy atom. The zero-order valence-electron chi connectivity index (χ0n) is 27.3. The molecule has 1 aromatic carbocycles. The number of carbonyl (C=O) groups excluding carboxylic acids is 1. The number of nitrogens with zero attached hydrogens (tertiary/aromatic N) is 9. The van der Waals surface area contributed by atoms with Crippen LogP contribution < -0.4 is 10.2 Å². The molecular weight excluding hydrogens is 607 g/mol. The Kier molecular flexibility index (Phi) is 9.77. The maximum atomic E-state index is 16.4. The molecule has 1 N–H and O–H groups in total. The number of halogens is 1. The number of hydrogen-bond donors (Lipinski definition) is 1. The maximum absolute atomic E-state index is 16.4. The number of hydrogen-bond acceptors (Lipinski definition) is 9. The molecule has 7 rings (SSSR count). The third kappa shape index (κ3) is 7.27. The summed E-state index contributed by atoms with van der Waals surface area (Å²) in [5.41, 5.74) is 2.94. The van der Waals surface area contributed by atoms with Crippen LogP contribution in [0.4, 0.5) is 16.0 Å². The van der Waals surface area contributed by atoms with Crippen LogP contribution in [-0.2, 0) is 11.3 Å². The van der Waals surface area contributed by atoms with Crippen molar-refractivity contribution in [2.75, 3.05) is 69.1 Å². The quantitative estimate of drug-likeness (QED) is 0.284. The second-order valence-corrected chi connectivity index (χ2v) is 13.3. The van der Waals surface area contributed by atoms with Crippen LogP contribution in [0.15, 0.2) is 60.9 Å². The van der Waals surface area contributed by atoms with Crippen molar-refractivity contribution >= 4 is 23.1 Å². The summed E-state index contributed by atoms with van der Waals surface area (Å²) in [6, 6.07) is 18.2. The number of likely N-dealkylation sites (tertiary alicyclic amines) is 1. The molecule has 0 spiro atoms. The Morgan fingerprint density at radius 1 is 0.938 bits per heavy atom. The molecule has 4 aromatic rings. The van der Waals surface area contributed by atoms with Crippen molar-refractivity contribution in [1.82, 2.24) is 34.3 Å². The summed E-state index contributed by atoms with van der Waals surface area (Å²) in [6.07, 6.45) is 6.92. The number of anilines is 2. The highest BCUT2D eigenvalue weighted by molar-refractivity contribution is 5.79. The highest BCUT2D eigenvalue weighted by Crippen LogP contribution is 2.32. The van der Waals surface area contributed by atoms with E-state index in [1.807, 2.05) is 30.5 Å². The molecule has 3 saturated heterocycles. The molecule has 0 saturated carbocycles. The molecule has 1 amide bonds. The number of piperazine rings is 1. The molecular formula is C36H43FN10O. The first kappa shape index (κ1) is 32.0. The van der Waals surface area contributed by atoms with Gasteiger partial charge in [-0.2, -0.15) is 14.8 Å². The van der Waals surface area contributed by atoms with Gasteiger partial charge in [0.25, 0.3) is 0 Å². The molecule has 0 bridgehead atoms. The van der Waals surface area contributed by atoms with Crippen LogP contribution in [0, 0.1) is 23.1 Å². The van der Waals surface area contributed by atoms with Crippen molar-refractivity contribution < 1.29 is 9.18 Å². The maximum Gasteiger partial charge on any atom is 0.236 e. The van der Waals surface area contributed by atoms with Crippen LogP contribution in [0.3, 0.4) is 0 Å². The summed E-state index contributed by atoms with van der Waals surface area (Å²) in [7, 11) is 0. The lowest BCUT2D eigenvalue weighted by molar-refractivity contribution is -0.131. The Hall–Kier alpha value is -4.60. The molecule has 12 heteroatoms. The number of rotatable bonds is 9. The Morgan fingerprint density at radius 2 is 1.71 bits per heavy atom. The molecule has 0 unspecified atom stereocenters. The molecule has 48 heavy (non-hydrogen) atoms. The van der Waals surface area contributed by atoms with E-state index in [-0.39, 0.29) is 24.2 Å². The second-order valence-electron chi connectivity index (χ2n) is 13.3. The molecule has 6 heterocycles. The van der Waals surface area contributed by atoms with Gasteiger partial charge in [-0.05, 0) is 49.3 Å². The van der Waals surface area contributed by atoms with Crippen molar-refractivity contribution in [3.05, 3.63) is 72.3 Å². The summed E-state index contributed by atoms with van der Waals surface area (Å²) in [5.74, 6) is 0.751. The van der Waals surface area contributed by atoms with Gasteiger partial charge < -0.3 is 20.0 Å². The topological polar surface area (TPSA) is 109 Å². The Balaban J connectivity index is 1.04. The molecule has 3 aromatic heterocycles. The molecule has 0 radical (unpaired) electrons. The predicted octanol–water partition coefficient (Wildman–Crippen LogP) is 4.28. The third-order valence-corrected chi connectivity index (χ3v) is 9.99. The SMILES string of the molecule is N#CCC(=O)N1CCC[C@@H](Nc2nc(-c3cnn4ccccc34)nc(N3CCC(CN4CCN(Cc5ccccc5)CC4)CC3)c2F)C1. The zero-order chi connectivity index (χ0) is 32.9. The first-order valence-electron chi connectivity index (χ1n) is 17.2. The number of benzene rings is 1. The van der Waals surface area contributed by atoms with Gasteiger partial charge in [-0.3, -0.25) is 9.69 Å². The van der Waals surface area contributed by atoms with E-state index in [2.05, 4.69) is 55.4 Å². The molecule has 1 atom stereocenters. The summed E-state index contributed by atoms with van der Waals surface area (Å²) < 4.78 is 18.2. The standard InChI is InChI=1S/C36H43FN10O/c37-33-35(40-29-9-6-15-46(26-29)32(48)11-14-38)41-34(30-23-39-47-16-5-4-10-31(30)47)42-36(33)45-17-12-28(13-18-45)25-44-21-19-43(20-22-44)24-27-7-2-1-3-8-27/h1-5,7-8,10,16,23,28-29H,6,9,11-13,15,17-22,24-26H2,(H,40,41,42)/t29-/m1/s1. The minimum atomic E-state index is -0.469. The molecule has 3 fully saturated rings. The van der Waals surface area contributed by atoms with Gasteiger partial charge in [0.15, 0.2) is 17.5 Å². The van der Waals surface area contributed by atoms with Crippen molar-refractivity contribution in [1.29, 1.82) is 5.26 Å². The number of pyridine rings is 1. The van der Waals surface area contributed by atoms with Gasteiger partial charge in [0.2, 0.25) is 11.7 Å². The Bertz CT molecular complexity index is 1740. The number of aromatic nitrogens is 4. The molecule has 250 valence electrons. The monoisotopic (exact) mass is 650 g/mol. The minimum Gasteiger partial charge on any atom is -0.363 e. The van der Waals surface area contributed by atoms with E-state index in [9.17, 15) is 4.79 Å². The number of nitrogens with one attached hydrogen (secondary N) is 1. The molecule has 3 aliphatic heterocycles. The van der Waals surface area contributed by atoms with E-state index >= 15 is 4.39 Å². The highest BCUT2D eigenvalue weighted by atomic mass is 19.1. The number of carbonyl (C=O) groups is 1. The van der Waals surface area contributed by atoms with E-state index in [0.29, 0.717) is 30.6 Å². The van der Waals surface area contributed by atoms with E-state index in [0.717, 1.165) is 89.1 Å². The zero-order valence-corrected chi connectivity index (χ0v) is 27.3. The first-order chi connectivity index (χ1) is 23.5. The van der Waals surface area contributed by atoms with Crippen molar-refractivity contribution in [3.63, 3.8) is 0 Å². The lowest BCUT2D eigenvalue weighted by atomic mass is 9.96. The molecule has 0 aliphatic carbocycles. The third-order valence-electron chi connectivity index (χ3n) is 9.99. The van der Waals surface area contributed by atoms with Crippen molar-refractivity contribution in [3.8, 4) is 17.5 Å². The lowest BCUT2D eigenvalue weighted by Gasteiger charge is -2.39. The van der Waals surface area contributed by atoms with Crippen LogP contribution in [0.25, 0.3) is 16.9 Å². The normalized spacial score (nSPS) is 19.8. The van der Waals surface area contributed by atoms with E-state index < -0.39 is 5.82 Å². The number of nitriles is 1. The van der Waals surface area contributed by atoms with Crippen LogP contribution in [0.5, 0.6) is 0 Å². The summed E-state index contributed by atoms with van der Waals surface area (Å²) in [5, 5.41) is 16.8. The van der Waals surface area contributed by atoms with Gasteiger partial charge >= 0.3 is 0 Å². The van der Waals surface area contributed by atoms with Gasteiger partial charge in [-0.15, -0.1) is 0 Å². The van der Waals surface area contributed by atoms with Gasteiger partial charge in [-0.1, -0.05) is 36.4 Å². The average Bonchev–Trinajstić information content (AvgIpc) is 3.56. The van der Waals surface area contributed by atoms with Crippen LogP contribution >= 0.6 is 0 Å². The second kappa shape index (κ2) is 14.7. The van der Waals surface area contributed by atoms with Gasteiger partial charge in [0.1, 0.15) is 6.42 Å². The number of fused-ring (bicyclic) bond motifs is 1. The van der Waals surface area contributed by atoms with Gasteiger partial charge in [-0.25, -0.2) is 14.5 Å². The highest BCUT2D eigenvalue weighted by Gasteiger charge is 2.30. The average molecular weight is 651 g/mol. The van der Waals surface area contributed by atoms with Crippen LogP contribution in [-0.4, -0.2) is 105 Å². The number of piperidine rings is 2. The van der Waals surface area contributed by atoms with Crippen LogP contribution in [0.2, 0.25) is 0 Å². The largest absolute Gasteiger partial charge is 0.363 e. The van der Waals surface area contributed by atoms with Crippen LogP contribution in [0.1, 0.15) is 37.7 Å². The fraction of sp³-hybridized carbons (Fsp3) is 0.472. The summed E-state index contributed by atoms with van der Waals surface area (Å²) >= 11 is 0. The molecule has 11 nitrogen and oxygen atoms in total. The van der Waals surface area contributed by atoms with E-state index in [1.165, 1.54) is 5.56 Å². The first-order valence-corrected chi connectivity index (χ1v) is 17.2. The lowest BCUT2D eigenvalue weighted by Crippen LogP contribution is -2.48. The van der Waals surface area contributed by atoms with Gasteiger partial charge in [0.05, 0.1) is 23.3 Å². The summed E-state index contributed by atoms with van der Waals surface area (Å²) in [4.78, 5) is 30.8. The summed E-state index contributed by atoms with van der Waals surface area (Å²) in [6.45, 7) is 8.82. The molecule has 3 aliphatic rings. The Labute approximate surface area is 281 Å². The number of amides is 1. The smallest absolute Gasteiger partial charge is 0.236 e. The van der Waals surface area contributed by atoms with E-state index in [1.54, 1.807) is 15.6 Å². The fourth-order valence-corrected chi connectivity index (χ4v) is 7.33.